The maximum absolute atomic E-state index is 14.8. The molecule has 5 heterocycles. The lowest BCUT2D eigenvalue weighted by Gasteiger charge is -2.51. The van der Waals surface area contributed by atoms with Crippen LogP contribution in [0.3, 0.4) is 0 Å². The van der Waals surface area contributed by atoms with E-state index in [4.69, 9.17) is 39.5 Å². The molecule has 0 spiro atoms. The molecule has 2 aromatic rings. The Morgan fingerprint density at radius 2 is 1.42 bits per heavy atom. The Balaban J connectivity index is 1.51. The van der Waals surface area contributed by atoms with Crippen LogP contribution in [-0.4, -0.2) is 130 Å². The van der Waals surface area contributed by atoms with Crippen LogP contribution in [0.25, 0.3) is 0 Å². The number of thioether (sulfide) groups is 2. The molecule has 24 heteroatoms. The molecule has 7 N–H and O–H groups in total. The minimum absolute atomic E-state index is 0.0375. The summed E-state index contributed by atoms with van der Waals surface area (Å²) in [4.78, 5) is 103. The van der Waals surface area contributed by atoms with Crippen molar-refractivity contribution < 1.29 is 66.7 Å². The number of fused-ring (bicyclic) bond motifs is 1. The molecule has 0 saturated carbocycles. The third-order valence-electron chi connectivity index (χ3n) is 7.79. The van der Waals surface area contributed by atoms with Crippen LogP contribution in [0.1, 0.15) is 11.5 Å². The predicted octanol–water partition coefficient (Wildman–Crippen LogP) is -0.525. The van der Waals surface area contributed by atoms with Gasteiger partial charge in [-0.3, -0.25) is 29.0 Å². The van der Waals surface area contributed by atoms with E-state index in [2.05, 4.69) is 20.9 Å². The molecule has 1 fully saturated rings. The molecule has 55 heavy (non-hydrogen) atoms. The van der Waals surface area contributed by atoms with Crippen LogP contribution in [0.5, 0.6) is 0 Å². The van der Waals surface area contributed by atoms with Crippen molar-refractivity contribution in [3.63, 3.8) is 0 Å². The molecule has 6 amide bonds. The predicted molar refractivity (Wildman–Crippen MR) is 188 cm³/mol. The number of carbonyl (C=O) groups is 7. The lowest BCUT2D eigenvalue weighted by Crippen LogP contribution is -2.71. The van der Waals surface area contributed by atoms with E-state index in [9.17, 15) is 38.7 Å². The smallest absolute Gasteiger partial charge is 0.404 e. The maximum atomic E-state index is 14.8. The summed E-state index contributed by atoms with van der Waals surface area (Å²) in [5.74, 6) is -5.27. The van der Waals surface area contributed by atoms with Gasteiger partial charge in [-0.1, -0.05) is 10.3 Å². The van der Waals surface area contributed by atoms with Crippen molar-refractivity contribution in [1.29, 1.82) is 0 Å². The fourth-order valence-electron chi connectivity index (χ4n) is 5.50. The average Bonchev–Trinajstić information content (AvgIpc) is 3.90. The molecule has 5 rings (SSSR count). The van der Waals surface area contributed by atoms with Gasteiger partial charge in [-0.2, -0.15) is 0 Å². The molecule has 0 aromatic carbocycles. The molecule has 0 aliphatic carbocycles. The number of hydrogen-bond donors (Lipinski definition) is 5. The van der Waals surface area contributed by atoms with Gasteiger partial charge in [0.15, 0.2) is 11.5 Å². The number of carboxylic acids is 1. The minimum atomic E-state index is -1.63. The zero-order valence-corrected chi connectivity index (χ0v) is 30.4. The number of aliphatic carboxylic acids is 1. The van der Waals surface area contributed by atoms with Crippen molar-refractivity contribution in [1.82, 2.24) is 20.4 Å². The molecule has 0 unspecified atom stereocenters. The second-order valence-electron chi connectivity index (χ2n) is 11.1. The number of rotatable bonds is 15. The second kappa shape index (κ2) is 17.6. The minimum Gasteiger partial charge on any atom is -0.477 e. The number of amides is 6. The number of ether oxygens (including phenoxy) is 2. The zero-order chi connectivity index (χ0) is 39.8. The lowest BCUT2D eigenvalue weighted by molar-refractivity contribution is -0.149. The monoisotopic (exact) mass is 804 g/mol. The van der Waals surface area contributed by atoms with E-state index >= 15 is 0 Å². The van der Waals surface area contributed by atoms with Gasteiger partial charge in [0.2, 0.25) is 11.4 Å². The fraction of sp³-hybridized carbons (Fsp3) is 0.323. The lowest BCUT2D eigenvalue weighted by atomic mass is 10.0. The summed E-state index contributed by atoms with van der Waals surface area (Å²) in [5.41, 5.74) is 8.76. The third-order valence-corrected chi connectivity index (χ3v) is 10.4. The van der Waals surface area contributed by atoms with E-state index in [1.165, 1.54) is 51.0 Å². The van der Waals surface area contributed by atoms with Crippen molar-refractivity contribution >= 4 is 76.7 Å². The second-order valence-corrected chi connectivity index (χ2v) is 13.4. The standard InChI is InChI=1S/C31H32N8O14S2/c1-48-36-19(16-5-3-7-50-16)24(40)34-9-18-38(23(29(44)45)15(12-54-18)11-53-31(33)47)27(43)22-14(10-52-30(32)46)13-55-28-21(26(42)39(22)28)35-25(41)20(37-49-2)17-6-4-8-51-17/h3-8,18,21,28H,9-13H2,1-2H3,(H2,32,46)(H2,33,47)(H,34,40)(H,35,41)(H,44,45)/b36-19-,37-20-/t18-,21-,28-/m1/s1. The van der Waals surface area contributed by atoms with Crippen molar-refractivity contribution in [3.05, 3.63) is 70.9 Å². The Hall–Kier alpha value is -6.43. The largest absolute Gasteiger partial charge is 0.477 e. The number of carbonyl (C=O) groups excluding carboxylic acids is 6. The first-order chi connectivity index (χ1) is 26.4. The van der Waals surface area contributed by atoms with Gasteiger partial charge in [-0.05, 0) is 24.3 Å². The molecule has 3 atom stereocenters. The number of nitrogens with two attached hydrogens (primary N) is 2. The Morgan fingerprint density at radius 1 is 0.873 bits per heavy atom. The van der Waals surface area contributed by atoms with Crippen LogP contribution < -0.4 is 22.1 Å². The van der Waals surface area contributed by atoms with Crippen LogP contribution in [0.2, 0.25) is 0 Å². The Morgan fingerprint density at radius 3 is 1.93 bits per heavy atom. The molecule has 0 bridgehead atoms. The first-order valence-corrected chi connectivity index (χ1v) is 17.8. The number of nitrogens with one attached hydrogen (secondary N) is 2. The highest BCUT2D eigenvalue weighted by Crippen LogP contribution is 2.43. The summed E-state index contributed by atoms with van der Waals surface area (Å²) in [6.45, 7) is -1.60. The summed E-state index contributed by atoms with van der Waals surface area (Å²) in [7, 11) is 2.41. The highest BCUT2D eigenvalue weighted by Gasteiger charge is 2.56. The fourth-order valence-corrected chi connectivity index (χ4v) is 8.00. The molecular weight excluding hydrogens is 773 g/mol. The Bertz CT molecular complexity index is 1980. The van der Waals surface area contributed by atoms with Gasteiger partial charge in [0.25, 0.3) is 23.6 Å². The van der Waals surface area contributed by atoms with Gasteiger partial charge in [-0.25, -0.2) is 14.4 Å². The van der Waals surface area contributed by atoms with Crippen LogP contribution >= 0.6 is 23.5 Å². The zero-order valence-electron chi connectivity index (χ0n) is 28.7. The number of oxime groups is 2. The number of furan rings is 2. The van der Waals surface area contributed by atoms with Crippen molar-refractivity contribution in [2.24, 2.45) is 21.8 Å². The Labute approximate surface area is 318 Å². The van der Waals surface area contributed by atoms with E-state index in [1.54, 1.807) is 0 Å². The van der Waals surface area contributed by atoms with E-state index in [0.29, 0.717) is 0 Å². The highest BCUT2D eigenvalue weighted by atomic mass is 32.2. The van der Waals surface area contributed by atoms with Crippen LogP contribution in [0.4, 0.5) is 9.59 Å². The molecule has 3 aliphatic heterocycles. The summed E-state index contributed by atoms with van der Waals surface area (Å²) in [5, 5.41) is 20.9. The number of primary amides is 2. The van der Waals surface area contributed by atoms with Crippen molar-refractivity contribution in [2.75, 3.05) is 45.5 Å². The normalized spacial score (nSPS) is 19.9. The van der Waals surface area contributed by atoms with Gasteiger partial charge in [0.05, 0.1) is 12.5 Å². The Kier molecular flexibility index (Phi) is 12.7. The third kappa shape index (κ3) is 8.70. The molecule has 292 valence electrons. The first kappa shape index (κ1) is 39.8. The van der Waals surface area contributed by atoms with Crippen LogP contribution in [-0.2, 0) is 43.1 Å². The quantitative estimate of drug-likeness (QED) is 0.0859. The molecule has 0 radical (unpaired) electrons. The van der Waals surface area contributed by atoms with Crippen molar-refractivity contribution in [3.8, 4) is 0 Å². The first-order valence-electron chi connectivity index (χ1n) is 15.7. The van der Waals surface area contributed by atoms with Crippen LogP contribution in [0, 0.1) is 0 Å². The van der Waals surface area contributed by atoms with Gasteiger partial charge in [-0.15, -0.1) is 23.5 Å². The topological polar surface area (TPSA) is 310 Å². The maximum Gasteiger partial charge on any atom is 0.404 e. The van der Waals surface area contributed by atoms with Gasteiger partial charge in [0, 0.05) is 29.2 Å². The number of β-lactam (4-membered cyclic amide) rings is 1. The molecular formula is C31H32N8O14S2. The van der Waals surface area contributed by atoms with E-state index in [-0.39, 0.29) is 51.3 Å². The summed E-state index contributed by atoms with van der Waals surface area (Å²) < 4.78 is 20.4. The van der Waals surface area contributed by atoms with E-state index in [1.807, 2.05) is 0 Å². The highest BCUT2D eigenvalue weighted by molar-refractivity contribution is 8.00. The molecule has 3 aliphatic rings. The molecule has 1 saturated heterocycles. The van der Waals surface area contributed by atoms with Gasteiger partial charge >= 0.3 is 18.2 Å². The van der Waals surface area contributed by atoms with Gasteiger partial charge < -0.3 is 55.2 Å². The summed E-state index contributed by atoms with van der Waals surface area (Å²) in [6.07, 6.45) is 0.174. The number of carboxylic acid groups (broad SMARTS) is 1. The average molecular weight is 805 g/mol. The van der Waals surface area contributed by atoms with E-state index < -0.39 is 84.0 Å². The van der Waals surface area contributed by atoms with Gasteiger partial charge in [0.1, 0.15) is 55.6 Å². The molecule has 22 nitrogen and oxygen atoms in total. The summed E-state index contributed by atoms with van der Waals surface area (Å²) in [6, 6.07) is 4.68. The van der Waals surface area contributed by atoms with Crippen LogP contribution in [0.15, 0.2) is 78.5 Å². The van der Waals surface area contributed by atoms with E-state index in [0.717, 1.165) is 33.3 Å². The summed E-state index contributed by atoms with van der Waals surface area (Å²) >= 11 is 2.08. The molecule has 2 aromatic heterocycles. The van der Waals surface area contributed by atoms with Crippen molar-refractivity contribution in [2.45, 2.75) is 16.8 Å². The number of hydrogen-bond acceptors (Lipinski definition) is 17. The SMILES string of the molecule is CO/N=C(\C(=O)NC[C@H]1SCC(COC(N)=O)=C(C(=O)O)N1C(=O)C1=C(COC(N)=O)CS[C@@H]2[C@H](NC(=O)/C(=N\OC)c3ccco3)C(=O)N12)c1ccco1. The number of nitrogens with zero attached hydrogens (tertiary/aromatic N) is 4.